The highest BCUT2D eigenvalue weighted by atomic mass is 32.1. The Morgan fingerprint density at radius 2 is 2.43 bits per heavy atom. The minimum atomic E-state index is 0.687. The number of nitrogens with zero attached hydrogens (tertiary/aromatic N) is 3. The van der Waals surface area contributed by atoms with E-state index in [1.807, 2.05) is 6.20 Å². The molecule has 1 aromatic heterocycles. The molecular weight excluding hydrogens is 284 g/mol. The number of ether oxygens (including phenoxy) is 1. The molecule has 21 heavy (non-hydrogen) atoms. The van der Waals surface area contributed by atoms with Crippen molar-refractivity contribution in [2.75, 3.05) is 51.8 Å². The lowest BCUT2D eigenvalue weighted by molar-refractivity contribution is 0.199. The van der Waals surface area contributed by atoms with E-state index in [1.165, 1.54) is 24.3 Å². The first-order valence-electron chi connectivity index (χ1n) is 7.84. The fourth-order valence-electron chi connectivity index (χ4n) is 2.85. The third-order valence-electron chi connectivity index (χ3n) is 4.04. The molecule has 0 radical (unpaired) electrons. The molecule has 0 amide bonds. The summed E-state index contributed by atoms with van der Waals surface area (Å²) in [5, 5.41) is 4.49. The summed E-state index contributed by atoms with van der Waals surface area (Å²) in [6.45, 7) is 8.25. The summed E-state index contributed by atoms with van der Waals surface area (Å²) in [6.07, 6.45) is 4.64. The van der Waals surface area contributed by atoms with Crippen LogP contribution in [0.3, 0.4) is 0 Å². The highest BCUT2D eigenvalue weighted by molar-refractivity contribution is 7.15. The number of thiazole rings is 1. The Hall–Kier alpha value is -0.690. The second-order valence-corrected chi connectivity index (χ2v) is 6.68. The van der Waals surface area contributed by atoms with Crippen LogP contribution < -0.4 is 10.2 Å². The van der Waals surface area contributed by atoms with Crippen molar-refractivity contribution in [3.05, 3.63) is 11.1 Å². The van der Waals surface area contributed by atoms with Gasteiger partial charge >= 0.3 is 0 Å². The summed E-state index contributed by atoms with van der Waals surface area (Å²) < 4.78 is 5.03. The van der Waals surface area contributed by atoms with Crippen LogP contribution in [0, 0.1) is 0 Å². The van der Waals surface area contributed by atoms with Gasteiger partial charge in [0.1, 0.15) is 0 Å². The third-order valence-corrected chi connectivity index (χ3v) is 5.15. The molecular formula is C15H28N4OS. The Morgan fingerprint density at radius 3 is 3.19 bits per heavy atom. The van der Waals surface area contributed by atoms with Crippen LogP contribution in [0.25, 0.3) is 0 Å². The summed E-state index contributed by atoms with van der Waals surface area (Å²) in [5.41, 5.74) is 0. The molecule has 1 N–H and O–H groups in total. The van der Waals surface area contributed by atoms with Crippen LogP contribution in [0.15, 0.2) is 6.20 Å². The summed E-state index contributed by atoms with van der Waals surface area (Å²) >= 11 is 1.78. The van der Waals surface area contributed by atoms with Gasteiger partial charge in [-0.1, -0.05) is 6.92 Å². The van der Waals surface area contributed by atoms with E-state index in [1.54, 1.807) is 18.4 Å². The first kappa shape index (κ1) is 16.7. The smallest absolute Gasteiger partial charge is 0.185 e. The van der Waals surface area contributed by atoms with Crippen molar-refractivity contribution in [3.63, 3.8) is 0 Å². The zero-order chi connectivity index (χ0) is 15.1. The summed E-state index contributed by atoms with van der Waals surface area (Å²) in [6, 6.07) is 0.687. The topological polar surface area (TPSA) is 40.6 Å². The molecule has 6 heteroatoms. The van der Waals surface area contributed by atoms with Crippen molar-refractivity contribution in [2.24, 2.45) is 0 Å². The Balaban J connectivity index is 1.79. The van der Waals surface area contributed by atoms with Gasteiger partial charge in [0, 0.05) is 50.9 Å². The van der Waals surface area contributed by atoms with Gasteiger partial charge in [-0.2, -0.15) is 0 Å². The molecule has 1 atom stereocenters. The zero-order valence-corrected chi connectivity index (χ0v) is 14.3. The third kappa shape index (κ3) is 4.92. The van der Waals surface area contributed by atoms with Gasteiger partial charge in [0.25, 0.3) is 0 Å². The van der Waals surface area contributed by atoms with E-state index in [-0.39, 0.29) is 0 Å². The number of anilines is 1. The van der Waals surface area contributed by atoms with Crippen LogP contribution in [-0.4, -0.2) is 62.9 Å². The summed E-state index contributed by atoms with van der Waals surface area (Å²) in [7, 11) is 3.89. The molecule has 0 aromatic carbocycles. The molecule has 1 aliphatic heterocycles. The van der Waals surface area contributed by atoms with Gasteiger partial charge in [-0.15, -0.1) is 11.3 Å². The van der Waals surface area contributed by atoms with Crippen molar-refractivity contribution in [1.82, 2.24) is 15.2 Å². The van der Waals surface area contributed by atoms with Gasteiger partial charge in [-0.25, -0.2) is 4.98 Å². The van der Waals surface area contributed by atoms with Gasteiger partial charge in [0.05, 0.1) is 6.61 Å². The number of aromatic nitrogens is 1. The maximum atomic E-state index is 5.03. The quantitative estimate of drug-likeness (QED) is 0.704. The van der Waals surface area contributed by atoms with E-state index >= 15 is 0 Å². The highest BCUT2D eigenvalue weighted by Crippen LogP contribution is 2.24. The molecule has 5 nitrogen and oxygen atoms in total. The fourth-order valence-corrected chi connectivity index (χ4v) is 3.70. The number of methoxy groups -OCH3 is 1. The number of nitrogens with one attached hydrogen (secondary N) is 1. The SMILES string of the molecule is CCN1CCCC1CN(C)c1ncc(CNCCOC)s1. The molecule has 1 unspecified atom stereocenters. The standard InChI is InChI=1S/C15H28N4OS/c1-4-19-8-5-6-13(19)12-18(2)15-17-11-14(21-15)10-16-7-9-20-3/h11,13,16H,4-10,12H2,1-3H3. The van der Waals surface area contributed by atoms with Crippen molar-refractivity contribution in [1.29, 1.82) is 0 Å². The predicted octanol–water partition coefficient (Wildman–Crippen LogP) is 1.80. The molecule has 0 aliphatic carbocycles. The second kappa shape index (κ2) is 8.68. The van der Waals surface area contributed by atoms with Crippen LogP contribution in [0.2, 0.25) is 0 Å². The number of hydrogen-bond donors (Lipinski definition) is 1. The monoisotopic (exact) mass is 312 g/mol. The molecule has 120 valence electrons. The maximum Gasteiger partial charge on any atom is 0.185 e. The molecule has 1 aliphatic rings. The largest absolute Gasteiger partial charge is 0.383 e. The first-order chi connectivity index (χ1) is 10.2. The van der Waals surface area contributed by atoms with Crippen molar-refractivity contribution < 1.29 is 4.74 Å². The Bertz CT molecular complexity index is 412. The summed E-state index contributed by atoms with van der Waals surface area (Å²) in [5.74, 6) is 0. The van der Waals surface area contributed by atoms with Crippen LogP contribution in [0.5, 0.6) is 0 Å². The lowest BCUT2D eigenvalue weighted by Crippen LogP contribution is -2.38. The van der Waals surface area contributed by atoms with Gasteiger partial charge in [0.2, 0.25) is 0 Å². The lowest BCUT2D eigenvalue weighted by Gasteiger charge is -2.27. The van der Waals surface area contributed by atoms with E-state index in [2.05, 4.69) is 34.1 Å². The molecule has 2 rings (SSSR count). The Morgan fingerprint density at radius 1 is 1.57 bits per heavy atom. The van der Waals surface area contributed by atoms with E-state index in [0.717, 1.165) is 37.9 Å². The zero-order valence-electron chi connectivity index (χ0n) is 13.5. The summed E-state index contributed by atoms with van der Waals surface area (Å²) in [4.78, 5) is 10.7. The average molecular weight is 312 g/mol. The molecule has 0 bridgehead atoms. The Labute approximate surface area is 132 Å². The van der Waals surface area contributed by atoms with Gasteiger partial charge in [0.15, 0.2) is 5.13 Å². The molecule has 1 fully saturated rings. The minimum Gasteiger partial charge on any atom is -0.383 e. The van der Waals surface area contributed by atoms with E-state index < -0.39 is 0 Å². The minimum absolute atomic E-state index is 0.687. The van der Waals surface area contributed by atoms with Crippen molar-refractivity contribution >= 4 is 16.5 Å². The lowest BCUT2D eigenvalue weighted by atomic mass is 10.2. The average Bonchev–Trinajstić information content (AvgIpc) is 3.12. The first-order valence-corrected chi connectivity index (χ1v) is 8.65. The van der Waals surface area contributed by atoms with E-state index in [4.69, 9.17) is 4.74 Å². The Kier molecular flexibility index (Phi) is 6.89. The van der Waals surface area contributed by atoms with Crippen molar-refractivity contribution in [3.8, 4) is 0 Å². The molecule has 1 saturated heterocycles. The number of likely N-dealkylation sites (N-methyl/N-ethyl adjacent to an activating group) is 2. The van der Waals surface area contributed by atoms with Crippen LogP contribution in [0.1, 0.15) is 24.6 Å². The van der Waals surface area contributed by atoms with Crippen LogP contribution >= 0.6 is 11.3 Å². The van der Waals surface area contributed by atoms with E-state index in [9.17, 15) is 0 Å². The normalized spacial score (nSPS) is 19.3. The van der Waals surface area contributed by atoms with Crippen LogP contribution in [0.4, 0.5) is 5.13 Å². The highest BCUT2D eigenvalue weighted by Gasteiger charge is 2.24. The molecule has 0 saturated carbocycles. The molecule has 2 heterocycles. The second-order valence-electron chi connectivity index (χ2n) is 5.58. The number of hydrogen-bond acceptors (Lipinski definition) is 6. The molecule has 1 aromatic rings. The molecule has 0 spiro atoms. The number of likely N-dealkylation sites (tertiary alicyclic amines) is 1. The van der Waals surface area contributed by atoms with Crippen LogP contribution in [-0.2, 0) is 11.3 Å². The maximum absolute atomic E-state index is 5.03. The number of rotatable bonds is 9. The van der Waals surface area contributed by atoms with Crippen molar-refractivity contribution in [2.45, 2.75) is 32.4 Å². The fraction of sp³-hybridized carbons (Fsp3) is 0.800. The van der Waals surface area contributed by atoms with E-state index in [0.29, 0.717) is 6.04 Å². The predicted molar refractivity (Wildman–Crippen MR) is 89.2 cm³/mol. The van der Waals surface area contributed by atoms with Gasteiger partial charge in [-0.05, 0) is 25.9 Å². The van der Waals surface area contributed by atoms with Gasteiger partial charge in [-0.3, -0.25) is 4.90 Å². The van der Waals surface area contributed by atoms with Gasteiger partial charge < -0.3 is 15.0 Å².